The minimum atomic E-state index is 0.600. The van der Waals surface area contributed by atoms with E-state index in [1.54, 1.807) is 7.11 Å². The Balaban J connectivity index is 2.64. The van der Waals surface area contributed by atoms with Crippen LogP contribution in [0.5, 0.6) is 5.75 Å². The molecular formula is C11H10O2. The molecule has 1 rings (SSSR count). The Labute approximate surface area is 77.5 Å². The molecule has 0 aromatic heterocycles. The van der Waals surface area contributed by atoms with Crippen LogP contribution in [0, 0.1) is 11.8 Å². The molecule has 2 heteroatoms. The van der Waals surface area contributed by atoms with Crippen LogP contribution < -0.4 is 4.74 Å². The van der Waals surface area contributed by atoms with Gasteiger partial charge in [0.15, 0.2) is 6.29 Å². The van der Waals surface area contributed by atoms with Crippen molar-refractivity contribution in [3.63, 3.8) is 0 Å². The average Bonchev–Trinajstić information content (AvgIpc) is 2.19. The molecule has 13 heavy (non-hydrogen) atoms. The van der Waals surface area contributed by atoms with Crippen molar-refractivity contribution < 1.29 is 9.53 Å². The van der Waals surface area contributed by atoms with E-state index >= 15 is 0 Å². The lowest BCUT2D eigenvalue weighted by Crippen LogP contribution is -1.84. The zero-order chi connectivity index (χ0) is 9.52. The molecule has 0 saturated heterocycles. The second-order valence-corrected chi connectivity index (χ2v) is 2.46. The molecule has 0 bridgehead atoms. The van der Waals surface area contributed by atoms with Crippen molar-refractivity contribution in [3.05, 3.63) is 29.8 Å². The topological polar surface area (TPSA) is 26.3 Å². The second kappa shape index (κ2) is 5.00. The summed E-state index contributed by atoms with van der Waals surface area (Å²) >= 11 is 0. The largest absolute Gasteiger partial charge is 0.497 e. The van der Waals surface area contributed by atoms with E-state index in [4.69, 9.17) is 4.74 Å². The van der Waals surface area contributed by atoms with Gasteiger partial charge in [-0.1, -0.05) is 18.1 Å². The van der Waals surface area contributed by atoms with Crippen molar-refractivity contribution in [2.75, 3.05) is 7.11 Å². The number of methoxy groups -OCH3 is 1. The fraction of sp³-hybridized carbons (Fsp3) is 0.182. The van der Waals surface area contributed by atoms with E-state index < -0.39 is 0 Å². The molecule has 0 spiro atoms. The number of rotatable bonds is 2. The van der Waals surface area contributed by atoms with Crippen molar-refractivity contribution in [2.24, 2.45) is 0 Å². The highest BCUT2D eigenvalue weighted by atomic mass is 16.5. The summed E-state index contributed by atoms with van der Waals surface area (Å²) in [6.45, 7) is 0. The Kier molecular flexibility index (Phi) is 3.59. The fourth-order valence-electron chi connectivity index (χ4n) is 0.938. The normalized spacial score (nSPS) is 8.38. The van der Waals surface area contributed by atoms with Crippen LogP contribution in [-0.4, -0.2) is 13.4 Å². The van der Waals surface area contributed by atoms with E-state index in [0.717, 1.165) is 11.3 Å². The molecule has 0 aliphatic heterocycles. The Morgan fingerprint density at radius 2 is 2.08 bits per heavy atom. The summed E-state index contributed by atoms with van der Waals surface area (Å²) in [6.07, 6.45) is 1.20. The Morgan fingerprint density at radius 3 is 2.62 bits per heavy atom. The molecule has 0 fully saturated rings. The third-order valence-corrected chi connectivity index (χ3v) is 1.61. The molecule has 0 aliphatic carbocycles. The summed E-state index contributed by atoms with van der Waals surface area (Å²) in [5.74, 6) is 5.92. The molecule has 1 aromatic rings. The van der Waals surface area contributed by atoms with Crippen molar-refractivity contribution in [3.8, 4) is 17.6 Å². The van der Waals surface area contributed by atoms with Crippen molar-refractivity contribution in [1.29, 1.82) is 0 Å². The minimum absolute atomic E-state index is 0.600. The van der Waals surface area contributed by atoms with Gasteiger partial charge < -0.3 is 4.74 Å². The number of hydrogen-bond donors (Lipinski definition) is 0. The van der Waals surface area contributed by atoms with Crippen LogP contribution in [0.2, 0.25) is 0 Å². The maximum Gasteiger partial charge on any atom is 0.192 e. The number of ether oxygens (including phenoxy) is 1. The first-order valence-electron chi connectivity index (χ1n) is 3.92. The summed E-state index contributed by atoms with van der Waals surface area (Å²) in [6, 6.07) is 7.60. The lowest BCUT2D eigenvalue weighted by molar-refractivity contribution is -0.103. The maximum atomic E-state index is 9.90. The van der Waals surface area contributed by atoms with Gasteiger partial charge in [-0.3, -0.25) is 4.79 Å². The highest BCUT2D eigenvalue weighted by Gasteiger charge is 1.90. The zero-order valence-corrected chi connectivity index (χ0v) is 7.41. The average molecular weight is 174 g/mol. The van der Waals surface area contributed by atoms with Crippen LogP contribution in [0.15, 0.2) is 24.3 Å². The van der Waals surface area contributed by atoms with E-state index in [1.807, 2.05) is 24.3 Å². The SMILES string of the molecule is COc1ccc(CC#CC=O)cc1. The van der Waals surface area contributed by atoms with Gasteiger partial charge in [-0.25, -0.2) is 0 Å². The van der Waals surface area contributed by atoms with Crippen LogP contribution in [0.4, 0.5) is 0 Å². The summed E-state index contributed by atoms with van der Waals surface area (Å²) in [5.41, 5.74) is 1.08. The molecule has 0 atom stereocenters. The van der Waals surface area contributed by atoms with Crippen molar-refractivity contribution >= 4 is 6.29 Å². The van der Waals surface area contributed by atoms with Crippen LogP contribution in [-0.2, 0) is 11.2 Å². The first kappa shape index (κ1) is 9.34. The van der Waals surface area contributed by atoms with Gasteiger partial charge in [-0.15, -0.1) is 0 Å². The van der Waals surface area contributed by atoms with Gasteiger partial charge in [0.25, 0.3) is 0 Å². The van der Waals surface area contributed by atoms with Crippen LogP contribution in [0.1, 0.15) is 5.56 Å². The first-order chi connectivity index (χ1) is 6.36. The molecule has 0 aliphatic rings. The molecule has 0 amide bonds. The second-order valence-electron chi connectivity index (χ2n) is 2.46. The van der Waals surface area contributed by atoms with E-state index in [-0.39, 0.29) is 0 Å². The Bertz CT molecular complexity index is 327. The first-order valence-corrected chi connectivity index (χ1v) is 3.92. The lowest BCUT2D eigenvalue weighted by Gasteiger charge is -1.99. The standard InChI is InChI=1S/C11H10O2/c1-13-11-7-5-10(6-8-11)4-2-3-9-12/h5-9H,4H2,1H3. The number of aldehydes is 1. The van der Waals surface area contributed by atoms with Crippen LogP contribution in [0.3, 0.4) is 0 Å². The van der Waals surface area contributed by atoms with E-state index in [9.17, 15) is 4.79 Å². The molecule has 0 radical (unpaired) electrons. The van der Waals surface area contributed by atoms with Gasteiger partial charge in [-0.05, 0) is 23.6 Å². The van der Waals surface area contributed by atoms with Gasteiger partial charge in [0.2, 0.25) is 0 Å². The summed E-state index contributed by atoms with van der Waals surface area (Å²) in [4.78, 5) is 9.90. The summed E-state index contributed by atoms with van der Waals surface area (Å²) in [7, 11) is 1.63. The van der Waals surface area contributed by atoms with Gasteiger partial charge in [-0.2, -0.15) is 0 Å². The monoisotopic (exact) mass is 174 g/mol. The predicted molar refractivity (Wildman–Crippen MR) is 50.5 cm³/mol. The van der Waals surface area contributed by atoms with Crippen LogP contribution >= 0.6 is 0 Å². The predicted octanol–water partition coefficient (Wildman–Crippen LogP) is 1.44. The zero-order valence-electron chi connectivity index (χ0n) is 7.41. The van der Waals surface area contributed by atoms with Gasteiger partial charge in [0.05, 0.1) is 7.11 Å². The third-order valence-electron chi connectivity index (χ3n) is 1.61. The molecular weight excluding hydrogens is 164 g/mol. The minimum Gasteiger partial charge on any atom is -0.497 e. The summed E-state index contributed by atoms with van der Waals surface area (Å²) < 4.78 is 5.00. The Morgan fingerprint density at radius 1 is 1.38 bits per heavy atom. The van der Waals surface area contributed by atoms with Crippen molar-refractivity contribution in [1.82, 2.24) is 0 Å². The third kappa shape index (κ3) is 3.00. The maximum absolute atomic E-state index is 9.90. The van der Waals surface area contributed by atoms with E-state index in [2.05, 4.69) is 11.8 Å². The van der Waals surface area contributed by atoms with Gasteiger partial charge in [0, 0.05) is 6.42 Å². The number of carbonyl (C=O) groups excluding carboxylic acids is 1. The van der Waals surface area contributed by atoms with Gasteiger partial charge >= 0.3 is 0 Å². The van der Waals surface area contributed by atoms with Crippen LogP contribution in [0.25, 0.3) is 0 Å². The number of benzene rings is 1. The number of hydrogen-bond acceptors (Lipinski definition) is 2. The summed E-state index contributed by atoms with van der Waals surface area (Å²) in [5, 5.41) is 0. The molecule has 0 unspecified atom stereocenters. The van der Waals surface area contributed by atoms with Gasteiger partial charge in [0.1, 0.15) is 5.75 Å². The smallest absolute Gasteiger partial charge is 0.192 e. The molecule has 0 heterocycles. The number of carbonyl (C=O) groups is 1. The highest BCUT2D eigenvalue weighted by Crippen LogP contribution is 2.10. The highest BCUT2D eigenvalue weighted by molar-refractivity contribution is 5.72. The molecule has 2 nitrogen and oxygen atoms in total. The lowest BCUT2D eigenvalue weighted by atomic mass is 10.1. The fourth-order valence-corrected chi connectivity index (χ4v) is 0.938. The quantitative estimate of drug-likeness (QED) is 0.501. The Hall–Kier alpha value is -1.75. The molecule has 0 N–H and O–H groups in total. The molecule has 1 aromatic carbocycles. The van der Waals surface area contributed by atoms with E-state index in [0.29, 0.717) is 12.7 Å². The van der Waals surface area contributed by atoms with Crippen molar-refractivity contribution in [2.45, 2.75) is 6.42 Å². The van der Waals surface area contributed by atoms with E-state index in [1.165, 1.54) is 0 Å². The molecule has 66 valence electrons. The molecule has 0 saturated carbocycles.